The van der Waals surface area contributed by atoms with Crippen molar-refractivity contribution < 1.29 is 4.42 Å². The molecule has 2 heterocycles. The molecule has 12 rings (SSSR count). The van der Waals surface area contributed by atoms with Crippen molar-refractivity contribution in [3.63, 3.8) is 0 Å². The molecule has 0 spiro atoms. The lowest BCUT2D eigenvalue weighted by Crippen LogP contribution is -1.95. The third kappa shape index (κ3) is 4.55. The molecule has 10 aromatic carbocycles. The highest BCUT2D eigenvalue weighted by molar-refractivity contribution is 6.22. The van der Waals surface area contributed by atoms with Crippen molar-refractivity contribution in [2.45, 2.75) is 0 Å². The summed E-state index contributed by atoms with van der Waals surface area (Å²) in [4.78, 5) is 4.93. The highest BCUT2D eigenvalue weighted by Gasteiger charge is 2.20. The van der Waals surface area contributed by atoms with Crippen molar-refractivity contribution in [3.8, 4) is 39.4 Å². The zero-order valence-electron chi connectivity index (χ0n) is 30.3. The van der Waals surface area contributed by atoms with E-state index in [0.717, 1.165) is 43.9 Å². The van der Waals surface area contributed by atoms with Crippen LogP contribution >= 0.6 is 0 Å². The molecule has 0 unspecified atom stereocenters. The summed E-state index contributed by atoms with van der Waals surface area (Å²) in [5, 5.41) is 11.9. The predicted molar refractivity (Wildman–Crippen MR) is 235 cm³/mol. The molecule has 56 heavy (non-hydrogen) atoms. The molecule has 0 aliphatic carbocycles. The second kappa shape index (κ2) is 12.0. The minimum Gasteiger partial charge on any atom is -0.435 e. The Morgan fingerprint density at radius 2 is 1.09 bits per heavy atom. The van der Waals surface area contributed by atoms with Gasteiger partial charge in [0.2, 0.25) is 5.89 Å². The monoisotopic (exact) mass is 712 g/mol. The van der Waals surface area contributed by atoms with Crippen LogP contribution in [0.3, 0.4) is 0 Å². The van der Waals surface area contributed by atoms with Crippen LogP contribution < -0.4 is 0 Å². The van der Waals surface area contributed by atoms with E-state index in [1.165, 1.54) is 65.6 Å². The fourth-order valence-corrected chi connectivity index (χ4v) is 9.10. The Morgan fingerprint density at radius 1 is 0.411 bits per heavy atom. The van der Waals surface area contributed by atoms with Gasteiger partial charge in [0, 0.05) is 33.0 Å². The van der Waals surface area contributed by atoms with Crippen molar-refractivity contribution in [1.29, 1.82) is 0 Å². The first-order valence-electron chi connectivity index (χ1n) is 19.1. The summed E-state index contributed by atoms with van der Waals surface area (Å²) in [5.74, 6) is 0.634. The van der Waals surface area contributed by atoms with Crippen molar-refractivity contribution in [2.24, 2.45) is 0 Å². The first-order valence-corrected chi connectivity index (χ1v) is 19.1. The summed E-state index contributed by atoms with van der Waals surface area (Å²) in [6, 6.07) is 70.0. The zero-order valence-corrected chi connectivity index (χ0v) is 30.3. The van der Waals surface area contributed by atoms with Gasteiger partial charge in [0.05, 0.1) is 11.0 Å². The summed E-state index contributed by atoms with van der Waals surface area (Å²) in [6.07, 6.45) is 0. The maximum Gasteiger partial charge on any atom is 0.227 e. The summed E-state index contributed by atoms with van der Waals surface area (Å²) in [7, 11) is 0. The average molecular weight is 713 g/mol. The molecule has 0 aliphatic heterocycles. The van der Waals surface area contributed by atoms with Gasteiger partial charge in [-0.05, 0) is 103 Å². The molecule has 0 saturated carbocycles. The molecule has 2 aromatic heterocycles. The minimum atomic E-state index is 0.634. The van der Waals surface area contributed by atoms with Gasteiger partial charge in [0.25, 0.3) is 0 Å². The van der Waals surface area contributed by atoms with Crippen LogP contribution in [-0.2, 0) is 0 Å². The van der Waals surface area contributed by atoms with E-state index in [-0.39, 0.29) is 0 Å². The van der Waals surface area contributed by atoms with E-state index in [0.29, 0.717) is 5.89 Å². The predicted octanol–water partition coefficient (Wildman–Crippen LogP) is 14.5. The van der Waals surface area contributed by atoms with E-state index in [2.05, 4.69) is 168 Å². The molecule has 0 aliphatic rings. The Bertz CT molecular complexity index is 3520. The summed E-state index contributed by atoms with van der Waals surface area (Å²) < 4.78 is 9.04. The third-order valence-electron chi connectivity index (χ3n) is 11.6. The number of oxazole rings is 1. The standard InChI is InChI=1S/C53H32N2O/c1-3-13-35(14-4-1)53-54-47-30-29-34-27-25-33-26-28-37(32-45(33)50(34)52(47)56-53)49-39-18-8-7-15-36(39)31-46-40(20-11-21-42(46)49)43-22-12-23-44-41-19-9-10-24-48(41)55(51(43)44)38-16-5-2-6-17-38/h1-32H. The van der Waals surface area contributed by atoms with E-state index in [9.17, 15) is 0 Å². The van der Waals surface area contributed by atoms with E-state index in [1.54, 1.807) is 0 Å². The van der Waals surface area contributed by atoms with Crippen LogP contribution in [-0.4, -0.2) is 9.55 Å². The number of hydrogen-bond donors (Lipinski definition) is 0. The fraction of sp³-hybridized carbons (Fsp3) is 0. The second-order valence-electron chi connectivity index (χ2n) is 14.7. The van der Waals surface area contributed by atoms with Gasteiger partial charge < -0.3 is 8.98 Å². The smallest absolute Gasteiger partial charge is 0.227 e. The summed E-state index contributed by atoms with van der Waals surface area (Å²) in [6.45, 7) is 0. The molecule has 3 nitrogen and oxygen atoms in total. The van der Waals surface area contributed by atoms with Crippen LogP contribution in [0.2, 0.25) is 0 Å². The largest absolute Gasteiger partial charge is 0.435 e. The maximum atomic E-state index is 6.61. The second-order valence-corrected chi connectivity index (χ2v) is 14.7. The highest BCUT2D eigenvalue weighted by Crippen LogP contribution is 2.45. The molecule has 260 valence electrons. The Hall–Kier alpha value is -7.49. The lowest BCUT2D eigenvalue weighted by molar-refractivity contribution is 0.623. The quantitative estimate of drug-likeness (QED) is 0.134. The Kier molecular flexibility index (Phi) is 6.63. The number of benzene rings is 10. The number of aromatic nitrogens is 2. The van der Waals surface area contributed by atoms with Gasteiger partial charge in [0.15, 0.2) is 5.58 Å². The number of rotatable bonds is 4. The third-order valence-corrected chi connectivity index (χ3v) is 11.6. The molecule has 0 bridgehead atoms. The lowest BCUT2D eigenvalue weighted by Gasteiger charge is -2.17. The number of hydrogen-bond acceptors (Lipinski definition) is 2. The van der Waals surface area contributed by atoms with Gasteiger partial charge in [-0.3, -0.25) is 0 Å². The molecular weight excluding hydrogens is 681 g/mol. The van der Waals surface area contributed by atoms with Gasteiger partial charge in [-0.2, -0.15) is 0 Å². The molecular formula is C53H32N2O. The Labute approximate surface area is 322 Å². The summed E-state index contributed by atoms with van der Waals surface area (Å²) >= 11 is 0. The van der Waals surface area contributed by atoms with Crippen LogP contribution in [0.1, 0.15) is 0 Å². The zero-order chi connectivity index (χ0) is 36.7. The minimum absolute atomic E-state index is 0.634. The average Bonchev–Trinajstić information content (AvgIpc) is 3.86. The first kappa shape index (κ1) is 30.9. The molecule has 0 amide bonds. The van der Waals surface area contributed by atoms with Crippen molar-refractivity contribution in [2.75, 3.05) is 0 Å². The number of nitrogens with zero attached hydrogens (tertiary/aromatic N) is 2. The van der Waals surface area contributed by atoms with Crippen LogP contribution in [0.5, 0.6) is 0 Å². The molecule has 0 saturated heterocycles. The van der Waals surface area contributed by atoms with E-state index in [1.807, 2.05) is 30.3 Å². The van der Waals surface area contributed by atoms with Gasteiger partial charge in [0.1, 0.15) is 5.52 Å². The molecule has 12 aromatic rings. The Morgan fingerprint density at radius 3 is 1.96 bits per heavy atom. The van der Waals surface area contributed by atoms with Gasteiger partial charge in [-0.1, -0.05) is 146 Å². The molecule has 0 radical (unpaired) electrons. The highest BCUT2D eigenvalue weighted by atomic mass is 16.3. The maximum absolute atomic E-state index is 6.61. The number of fused-ring (bicyclic) bond motifs is 10. The van der Waals surface area contributed by atoms with E-state index in [4.69, 9.17) is 9.40 Å². The first-order chi connectivity index (χ1) is 27.8. The van der Waals surface area contributed by atoms with Crippen LogP contribution in [0.25, 0.3) is 115 Å². The molecule has 0 fully saturated rings. The summed E-state index contributed by atoms with van der Waals surface area (Å²) in [5.41, 5.74) is 11.0. The Balaban J connectivity index is 1.15. The van der Waals surface area contributed by atoms with E-state index < -0.39 is 0 Å². The fourth-order valence-electron chi connectivity index (χ4n) is 9.10. The molecule has 0 N–H and O–H groups in total. The SMILES string of the molecule is c1ccc(-c2nc3ccc4ccc5ccc(-c6c7ccccc7cc7c(-c8cccc9c%10ccccc%10n(-c%10ccccc%10)c89)cccc67)cc5c4c3o2)cc1. The van der Waals surface area contributed by atoms with Gasteiger partial charge >= 0.3 is 0 Å². The molecule has 0 atom stereocenters. The van der Waals surface area contributed by atoms with Gasteiger partial charge in [-0.25, -0.2) is 4.98 Å². The van der Waals surface area contributed by atoms with Gasteiger partial charge in [-0.15, -0.1) is 0 Å². The topological polar surface area (TPSA) is 31.0 Å². The lowest BCUT2D eigenvalue weighted by atomic mass is 9.87. The van der Waals surface area contributed by atoms with Crippen molar-refractivity contribution in [1.82, 2.24) is 9.55 Å². The number of para-hydroxylation sites is 3. The van der Waals surface area contributed by atoms with Crippen molar-refractivity contribution in [3.05, 3.63) is 194 Å². The molecule has 3 heteroatoms. The van der Waals surface area contributed by atoms with Crippen LogP contribution in [0.15, 0.2) is 199 Å². The van der Waals surface area contributed by atoms with Crippen LogP contribution in [0, 0.1) is 0 Å². The normalized spacial score (nSPS) is 11.9. The van der Waals surface area contributed by atoms with E-state index >= 15 is 0 Å². The van der Waals surface area contributed by atoms with Crippen molar-refractivity contribution >= 4 is 76.0 Å². The van der Waals surface area contributed by atoms with Crippen LogP contribution in [0.4, 0.5) is 0 Å².